The first-order valence-corrected chi connectivity index (χ1v) is 10.8. The van der Waals surface area contributed by atoms with E-state index < -0.39 is 6.04 Å². The van der Waals surface area contributed by atoms with Gasteiger partial charge in [0.1, 0.15) is 6.04 Å². The van der Waals surface area contributed by atoms with Crippen molar-refractivity contribution in [3.63, 3.8) is 0 Å². The van der Waals surface area contributed by atoms with Crippen LogP contribution in [0.2, 0.25) is 0 Å². The van der Waals surface area contributed by atoms with Crippen LogP contribution < -0.4 is 16.0 Å². The summed E-state index contributed by atoms with van der Waals surface area (Å²) in [6, 6.07) is 5.27. The minimum Gasteiger partial charge on any atom is -0.322 e. The molecule has 2 saturated heterocycles. The molecule has 3 heterocycles. The summed E-state index contributed by atoms with van der Waals surface area (Å²) in [6.07, 6.45) is 5.83. The molecular weight excluding hydrogens is 368 g/mol. The number of nitrogens with zero attached hydrogens (tertiary/aromatic N) is 1. The predicted molar refractivity (Wildman–Crippen MR) is 107 cm³/mol. The highest BCUT2D eigenvalue weighted by atomic mass is 16.2. The van der Waals surface area contributed by atoms with Crippen molar-refractivity contribution in [3.05, 3.63) is 34.9 Å². The lowest BCUT2D eigenvalue weighted by Crippen LogP contribution is -2.65. The molecule has 3 N–H and O–H groups in total. The molecule has 3 fully saturated rings. The second kappa shape index (κ2) is 7.22. The number of carbonyl (C=O) groups excluding carboxylic acids is 3. The zero-order valence-electron chi connectivity index (χ0n) is 16.6. The molecule has 29 heavy (non-hydrogen) atoms. The number of amides is 3. The molecule has 154 valence electrons. The molecule has 0 spiro atoms. The lowest BCUT2D eigenvalue weighted by atomic mass is 9.63. The summed E-state index contributed by atoms with van der Waals surface area (Å²) in [4.78, 5) is 38.2. The van der Waals surface area contributed by atoms with E-state index in [9.17, 15) is 14.4 Å². The van der Waals surface area contributed by atoms with E-state index >= 15 is 0 Å². The molecule has 3 atom stereocenters. The van der Waals surface area contributed by atoms with Gasteiger partial charge in [-0.05, 0) is 61.8 Å². The Bertz CT molecular complexity index is 870. The van der Waals surface area contributed by atoms with Gasteiger partial charge in [-0.2, -0.15) is 0 Å². The van der Waals surface area contributed by atoms with Gasteiger partial charge in [0.05, 0.1) is 0 Å². The summed E-state index contributed by atoms with van der Waals surface area (Å²) in [7, 11) is 0. The first-order chi connectivity index (χ1) is 14.1. The monoisotopic (exact) mass is 396 g/mol. The molecule has 5 rings (SSSR count). The van der Waals surface area contributed by atoms with Crippen LogP contribution in [0.15, 0.2) is 18.2 Å². The minimum atomic E-state index is -0.561. The standard InChI is InChI=1S/C22H28N4O3/c27-19-7-6-18(20(28)25-19)26-12-17-14(3-1-5-16(17)21(26)29)11-23-13-22-9-8-15(22)4-2-10-24-22/h1,3,5,15,18,23-24H,2,4,6-13H2,(H,25,27,28)/t15-,18?,22-/m1/s1. The highest BCUT2D eigenvalue weighted by Crippen LogP contribution is 2.43. The van der Waals surface area contributed by atoms with E-state index in [0.717, 1.165) is 36.7 Å². The van der Waals surface area contributed by atoms with Gasteiger partial charge in [0.2, 0.25) is 11.8 Å². The maximum atomic E-state index is 12.9. The minimum absolute atomic E-state index is 0.108. The van der Waals surface area contributed by atoms with Gasteiger partial charge in [0.15, 0.2) is 0 Å². The molecular formula is C22H28N4O3. The predicted octanol–water partition coefficient (Wildman–Crippen LogP) is 1.07. The van der Waals surface area contributed by atoms with Crippen LogP contribution in [0.25, 0.3) is 0 Å². The van der Waals surface area contributed by atoms with Gasteiger partial charge in [0.25, 0.3) is 5.91 Å². The molecule has 1 aromatic rings. The first kappa shape index (κ1) is 18.8. The van der Waals surface area contributed by atoms with E-state index in [4.69, 9.17) is 0 Å². The molecule has 3 aliphatic heterocycles. The highest BCUT2D eigenvalue weighted by molar-refractivity contribution is 6.05. The maximum Gasteiger partial charge on any atom is 0.255 e. The fourth-order valence-corrected chi connectivity index (χ4v) is 5.57. The number of hydrogen-bond acceptors (Lipinski definition) is 5. The molecule has 1 aromatic carbocycles. The van der Waals surface area contributed by atoms with Crippen LogP contribution in [0.4, 0.5) is 0 Å². The average molecular weight is 396 g/mol. The molecule has 3 amide bonds. The van der Waals surface area contributed by atoms with Crippen molar-refractivity contribution in [1.29, 1.82) is 0 Å². The highest BCUT2D eigenvalue weighted by Gasteiger charge is 2.47. The Balaban J connectivity index is 1.27. The second-order valence-corrected chi connectivity index (χ2v) is 8.91. The molecule has 4 aliphatic rings. The summed E-state index contributed by atoms with van der Waals surface area (Å²) in [5.41, 5.74) is 3.07. The number of piperidine rings is 2. The Morgan fingerprint density at radius 2 is 2.07 bits per heavy atom. The van der Waals surface area contributed by atoms with Crippen LogP contribution in [-0.4, -0.2) is 47.3 Å². The molecule has 7 nitrogen and oxygen atoms in total. The third-order valence-corrected chi connectivity index (χ3v) is 7.36. The number of imide groups is 1. The molecule has 7 heteroatoms. The van der Waals surface area contributed by atoms with Crippen molar-refractivity contribution in [2.24, 2.45) is 5.92 Å². The Hall–Kier alpha value is -2.25. The van der Waals surface area contributed by atoms with Gasteiger partial charge in [-0.25, -0.2) is 0 Å². The van der Waals surface area contributed by atoms with Gasteiger partial charge in [-0.15, -0.1) is 0 Å². The Labute approximate surface area is 170 Å². The molecule has 0 bridgehead atoms. The van der Waals surface area contributed by atoms with Crippen molar-refractivity contribution in [3.8, 4) is 0 Å². The van der Waals surface area contributed by atoms with Gasteiger partial charge in [-0.3, -0.25) is 19.7 Å². The van der Waals surface area contributed by atoms with Crippen LogP contribution in [0.5, 0.6) is 0 Å². The summed E-state index contributed by atoms with van der Waals surface area (Å²) in [5, 5.41) is 9.73. The van der Waals surface area contributed by atoms with E-state index in [2.05, 4.69) is 22.0 Å². The number of rotatable bonds is 5. The number of carbonyl (C=O) groups is 3. The second-order valence-electron chi connectivity index (χ2n) is 8.91. The van der Waals surface area contributed by atoms with Gasteiger partial charge >= 0.3 is 0 Å². The summed E-state index contributed by atoms with van der Waals surface area (Å²) < 4.78 is 0. The van der Waals surface area contributed by atoms with Crippen molar-refractivity contribution in [2.75, 3.05) is 13.1 Å². The molecule has 1 aliphatic carbocycles. The van der Waals surface area contributed by atoms with Gasteiger partial charge < -0.3 is 15.5 Å². The number of benzene rings is 1. The SMILES string of the molecule is O=C1CCC(N2Cc3c(CNC[C@]45CC[C@H]4CCCN5)cccc3C2=O)C(=O)N1. The van der Waals surface area contributed by atoms with Gasteiger partial charge in [-0.1, -0.05) is 12.1 Å². The third-order valence-electron chi connectivity index (χ3n) is 7.36. The van der Waals surface area contributed by atoms with Crippen molar-refractivity contribution in [1.82, 2.24) is 20.9 Å². The summed E-state index contributed by atoms with van der Waals surface area (Å²) in [6.45, 7) is 3.21. The smallest absolute Gasteiger partial charge is 0.255 e. The lowest BCUT2D eigenvalue weighted by molar-refractivity contribution is -0.136. The van der Waals surface area contributed by atoms with E-state index in [-0.39, 0.29) is 29.7 Å². The van der Waals surface area contributed by atoms with E-state index in [1.807, 2.05) is 12.1 Å². The van der Waals surface area contributed by atoms with E-state index in [1.165, 1.54) is 25.7 Å². The van der Waals surface area contributed by atoms with Crippen molar-refractivity contribution in [2.45, 2.75) is 63.2 Å². The summed E-state index contributed by atoms with van der Waals surface area (Å²) in [5.74, 6) is 0.0589. The number of fused-ring (bicyclic) bond motifs is 2. The third kappa shape index (κ3) is 3.16. The Kier molecular flexibility index (Phi) is 4.67. The fraction of sp³-hybridized carbons (Fsp3) is 0.591. The van der Waals surface area contributed by atoms with Crippen molar-refractivity contribution >= 4 is 17.7 Å². The largest absolute Gasteiger partial charge is 0.322 e. The van der Waals surface area contributed by atoms with Gasteiger partial charge in [0, 0.05) is 37.2 Å². The molecule has 0 radical (unpaired) electrons. The van der Waals surface area contributed by atoms with Crippen LogP contribution in [0.1, 0.15) is 60.0 Å². The molecule has 0 aromatic heterocycles. The zero-order chi connectivity index (χ0) is 20.0. The Morgan fingerprint density at radius 1 is 1.17 bits per heavy atom. The van der Waals surface area contributed by atoms with E-state index in [0.29, 0.717) is 18.5 Å². The summed E-state index contributed by atoms with van der Waals surface area (Å²) >= 11 is 0. The zero-order valence-corrected chi connectivity index (χ0v) is 16.6. The van der Waals surface area contributed by atoms with Crippen LogP contribution in [0.3, 0.4) is 0 Å². The quantitative estimate of drug-likeness (QED) is 0.648. The van der Waals surface area contributed by atoms with Crippen LogP contribution in [0, 0.1) is 5.92 Å². The average Bonchev–Trinajstić information content (AvgIpc) is 3.02. The lowest BCUT2D eigenvalue weighted by Gasteiger charge is -2.53. The Morgan fingerprint density at radius 3 is 2.83 bits per heavy atom. The van der Waals surface area contributed by atoms with Crippen LogP contribution >= 0.6 is 0 Å². The van der Waals surface area contributed by atoms with Crippen molar-refractivity contribution < 1.29 is 14.4 Å². The molecule has 1 saturated carbocycles. The molecule has 1 unspecified atom stereocenters. The normalized spacial score (nSPS) is 31.2. The number of hydrogen-bond donors (Lipinski definition) is 3. The number of nitrogens with one attached hydrogen (secondary N) is 3. The topological polar surface area (TPSA) is 90.5 Å². The fourth-order valence-electron chi connectivity index (χ4n) is 5.57. The van der Waals surface area contributed by atoms with Crippen LogP contribution in [-0.2, 0) is 22.7 Å². The van der Waals surface area contributed by atoms with E-state index in [1.54, 1.807) is 4.90 Å². The first-order valence-electron chi connectivity index (χ1n) is 10.8. The maximum absolute atomic E-state index is 12.9.